The number of nitrogens with zero attached hydrogens (tertiary/aromatic N) is 4. The van der Waals surface area contributed by atoms with Crippen LogP contribution < -0.4 is 30.9 Å². The molecule has 92 heavy (non-hydrogen) atoms. The minimum absolute atomic E-state index is 0.00929. The zero-order valence-corrected chi connectivity index (χ0v) is 54.5. The third kappa shape index (κ3) is 17.3. The molecule has 5 N–H and O–H groups in total. The predicted octanol–water partition coefficient (Wildman–Crippen LogP) is 10.7. The molecular weight excluding hydrogens is 1260 g/mol. The SMILES string of the molecule is CC1(CNC(=O)CCCCCCNc2cccc3c2C(=O)N(C2CCC(=O)NC2=O)C3=O)CCC(c2ccc(Cl)cc2)=C(CN2CCN(c3ccc(C(=O)NSc4ccc(N[C@H](CCN5CCOCC5)CSc5ccccc5)c(S(=O)(=O)C(F)(F)F)c4)cc3)CC2)C1. The molecule has 0 aromatic heterocycles. The summed E-state index contributed by atoms with van der Waals surface area (Å²) in [6.45, 7) is 10.4. The molecule has 3 fully saturated rings. The fourth-order valence-electron chi connectivity index (χ4n) is 12.4. The van der Waals surface area contributed by atoms with Crippen molar-refractivity contribution in [1.82, 2.24) is 30.1 Å². The lowest BCUT2D eigenvalue weighted by Crippen LogP contribution is -2.54. The van der Waals surface area contributed by atoms with E-state index in [1.807, 2.05) is 54.6 Å². The summed E-state index contributed by atoms with van der Waals surface area (Å²) in [7, 11) is -5.81. The average Bonchev–Trinajstić information content (AvgIpc) is 1.53. The minimum atomic E-state index is -5.81. The molecule has 0 radical (unpaired) electrons. The first-order chi connectivity index (χ1) is 44.2. The zero-order valence-electron chi connectivity index (χ0n) is 51.3. The Balaban J connectivity index is 0.683. The molecule has 10 rings (SSSR count). The molecule has 2 unspecified atom stereocenters. The van der Waals surface area contributed by atoms with Crippen LogP contribution in [0.2, 0.25) is 5.02 Å². The van der Waals surface area contributed by atoms with Crippen LogP contribution in [0.4, 0.5) is 30.2 Å². The number of carbonyl (C=O) groups is 6. The third-order valence-electron chi connectivity index (χ3n) is 17.6. The molecule has 4 heterocycles. The number of piperidine rings is 1. The van der Waals surface area contributed by atoms with Crippen molar-refractivity contribution in [2.45, 2.75) is 110 Å². The van der Waals surface area contributed by atoms with Crippen molar-refractivity contribution in [2.75, 3.05) is 99.9 Å². The molecule has 4 aliphatic heterocycles. The van der Waals surface area contributed by atoms with Gasteiger partial charge in [-0.15, -0.1) is 11.8 Å². The number of unbranched alkanes of at least 4 members (excludes halogenated alkanes) is 3. The number of alkyl halides is 3. The molecule has 1 aliphatic carbocycles. The quantitative estimate of drug-likeness (QED) is 0.0143. The number of rotatable bonds is 27. The standard InChI is InChI=1S/C67H77ClF3N9O9S3/c1-66(44-73-59(81)14-7-2-3-8-30-72-56-13-9-12-54-61(56)65(86)80(64(54)85)57-25-26-60(82)75-63(57)84)29-27-53(45-15-19-48(68)20-16-45)47(41-66)42-78-32-34-79(35-33-78)50-21-17-46(18-22-50)62(83)76-91-52-23-24-55(58(40-52)92(87,88)67(69,70)71)74-49(28-31-77-36-38-89-39-37-77)43-90-51-10-5-4-6-11-51/h4-6,9-13,15-24,40,49,57,72,74H,2-3,7-8,14,25-39,41-44H2,1H3,(H,73,81)(H,76,83)(H,75,82,84)/t49-,57?,66?/m1/s1. The molecule has 0 saturated carbocycles. The number of anilines is 3. The summed E-state index contributed by atoms with van der Waals surface area (Å²) in [5, 5.41) is 12.6. The number of amides is 6. The van der Waals surface area contributed by atoms with E-state index in [0.717, 1.165) is 123 Å². The molecule has 25 heteroatoms. The molecule has 0 bridgehead atoms. The number of benzene rings is 5. The van der Waals surface area contributed by atoms with E-state index < -0.39 is 61.9 Å². The van der Waals surface area contributed by atoms with E-state index in [1.165, 1.54) is 35.0 Å². The van der Waals surface area contributed by atoms with Crippen molar-refractivity contribution in [3.63, 3.8) is 0 Å². The van der Waals surface area contributed by atoms with E-state index in [4.69, 9.17) is 16.3 Å². The highest BCUT2D eigenvalue weighted by molar-refractivity contribution is 7.99. The van der Waals surface area contributed by atoms with Crippen LogP contribution in [0.15, 0.2) is 136 Å². The zero-order chi connectivity index (χ0) is 65.0. The van der Waals surface area contributed by atoms with Gasteiger partial charge in [0.1, 0.15) is 10.9 Å². The van der Waals surface area contributed by atoms with Crippen molar-refractivity contribution < 1.29 is 55.1 Å². The Morgan fingerprint density at radius 3 is 2.27 bits per heavy atom. The number of thioether (sulfide) groups is 1. The third-order valence-corrected chi connectivity index (χ3v) is 21.3. The second-order valence-corrected chi connectivity index (χ2v) is 28.6. The van der Waals surface area contributed by atoms with Gasteiger partial charge in [0.05, 0.1) is 30.0 Å². The van der Waals surface area contributed by atoms with Gasteiger partial charge in [-0.25, -0.2) is 8.42 Å². The van der Waals surface area contributed by atoms with Crippen molar-refractivity contribution in [1.29, 1.82) is 0 Å². The lowest BCUT2D eigenvalue weighted by molar-refractivity contribution is -0.136. The second kappa shape index (κ2) is 30.9. The second-order valence-electron chi connectivity index (χ2n) is 24.3. The number of imide groups is 2. The fourth-order valence-corrected chi connectivity index (χ4v) is 15.2. The number of nitrogens with one attached hydrogen (secondary N) is 5. The smallest absolute Gasteiger partial charge is 0.384 e. The summed E-state index contributed by atoms with van der Waals surface area (Å²) >= 11 is 8.60. The molecule has 6 amide bonds. The molecule has 5 aliphatic rings. The maximum atomic E-state index is 14.3. The summed E-state index contributed by atoms with van der Waals surface area (Å²) in [6.07, 6.45) is 6.77. The summed E-state index contributed by atoms with van der Waals surface area (Å²) in [5.74, 6) is -2.22. The minimum Gasteiger partial charge on any atom is -0.384 e. The van der Waals surface area contributed by atoms with Gasteiger partial charge in [-0.3, -0.25) is 53.5 Å². The van der Waals surface area contributed by atoms with Crippen molar-refractivity contribution in [3.8, 4) is 0 Å². The van der Waals surface area contributed by atoms with E-state index in [-0.39, 0.29) is 45.9 Å². The monoisotopic (exact) mass is 1340 g/mol. The topological polar surface area (TPSA) is 219 Å². The van der Waals surface area contributed by atoms with Crippen molar-refractivity contribution >= 4 is 103 Å². The number of morpholine rings is 1. The Kier molecular flexibility index (Phi) is 22.8. The van der Waals surface area contributed by atoms with Gasteiger partial charge in [-0.1, -0.05) is 73.3 Å². The van der Waals surface area contributed by atoms with Crippen LogP contribution in [-0.2, 0) is 29.0 Å². The number of halogens is 4. The number of hydrogen-bond acceptors (Lipinski definition) is 16. The van der Waals surface area contributed by atoms with E-state index >= 15 is 0 Å². The van der Waals surface area contributed by atoms with Crippen LogP contribution in [0.1, 0.15) is 114 Å². The lowest BCUT2D eigenvalue weighted by atomic mass is 9.71. The first-order valence-corrected chi connectivity index (χ1v) is 34.9. The lowest BCUT2D eigenvalue weighted by Gasteiger charge is -2.41. The van der Waals surface area contributed by atoms with E-state index in [2.05, 4.69) is 59.7 Å². The number of piperazine rings is 1. The number of allylic oxidation sites excluding steroid dienone is 1. The highest BCUT2D eigenvalue weighted by atomic mass is 35.5. The van der Waals surface area contributed by atoms with E-state index in [9.17, 15) is 50.4 Å². The largest absolute Gasteiger partial charge is 0.501 e. The maximum Gasteiger partial charge on any atom is 0.501 e. The Morgan fingerprint density at radius 2 is 1.54 bits per heavy atom. The summed E-state index contributed by atoms with van der Waals surface area (Å²) in [6, 6.07) is 32.0. The molecule has 3 atom stereocenters. The number of carbonyl (C=O) groups excluding carboxylic acids is 6. The van der Waals surface area contributed by atoms with Gasteiger partial charge in [0, 0.05) is 122 Å². The summed E-state index contributed by atoms with van der Waals surface area (Å²) in [4.78, 5) is 85.8. The summed E-state index contributed by atoms with van der Waals surface area (Å²) in [5.41, 5.74) is 0.0653. The average molecular weight is 1340 g/mol. The van der Waals surface area contributed by atoms with Crippen LogP contribution >= 0.6 is 35.3 Å². The number of sulfone groups is 1. The Hall–Kier alpha value is -6.93. The first kappa shape index (κ1) is 67.9. The fraction of sp³-hybridized carbons (Fsp3) is 0.433. The van der Waals surface area contributed by atoms with Crippen molar-refractivity contribution in [2.24, 2.45) is 5.41 Å². The normalized spacial score (nSPS) is 19.6. The van der Waals surface area contributed by atoms with Gasteiger partial charge in [-0.05, 0) is 152 Å². The van der Waals surface area contributed by atoms with Gasteiger partial charge in [0.25, 0.3) is 27.6 Å². The van der Waals surface area contributed by atoms with E-state index in [0.29, 0.717) is 74.1 Å². The van der Waals surface area contributed by atoms with Gasteiger partial charge < -0.3 is 25.6 Å². The molecule has 5 aromatic carbocycles. The Labute approximate surface area is 548 Å². The van der Waals surface area contributed by atoms with Gasteiger partial charge in [0.2, 0.25) is 17.7 Å². The van der Waals surface area contributed by atoms with Gasteiger partial charge in [-0.2, -0.15) is 13.2 Å². The van der Waals surface area contributed by atoms with Crippen LogP contribution in [0, 0.1) is 5.41 Å². The highest BCUT2D eigenvalue weighted by Crippen LogP contribution is 2.44. The molecule has 3 saturated heterocycles. The maximum absolute atomic E-state index is 14.3. The van der Waals surface area contributed by atoms with Gasteiger partial charge in [0.15, 0.2) is 0 Å². The molecule has 490 valence electrons. The first-order valence-electron chi connectivity index (χ1n) is 31.3. The predicted molar refractivity (Wildman–Crippen MR) is 353 cm³/mol. The van der Waals surface area contributed by atoms with Gasteiger partial charge >= 0.3 is 5.51 Å². The van der Waals surface area contributed by atoms with Crippen LogP contribution in [0.3, 0.4) is 0 Å². The molecular formula is C67H77ClF3N9O9S3. The van der Waals surface area contributed by atoms with Crippen molar-refractivity contribution in [3.05, 3.63) is 148 Å². The Morgan fingerprint density at radius 1 is 0.804 bits per heavy atom. The molecule has 5 aromatic rings. The van der Waals surface area contributed by atoms with E-state index in [1.54, 1.807) is 30.3 Å². The van der Waals surface area contributed by atoms with Crippen LogP contribution in [0.25, 0.3) is 5.57 Å². The number of fused-ring (bicyclic) bond motifs is 1. The highest BCUT2D eigenvalue weighted by Gasteiger charge is 2.49. The Bertz CT molecular complexity index is 3630. The molecule has 18 nitrogen and oxygen atoms in total. The van der Waals surface area contributed by atoms with Crippen LogP contribution in [0.5, 0.6) is 0 Å². The summed E-state index contributed by atoms with van der Waals surface area (Å²) < 4.78 is 77.4. The molecule has 0 spiro atoms. The number of hydrogen-bond donors (Lipinski definition) is 5. The van der Waals surface area contributed by atoms with Crippen LogP contribution in [-0.4, -0.2) is 161 Å². The number of ether oxygens (including phenoxy) is 1.